The first-order valence-electron chi connectivity index (χ1n) is 5.43. The van der Waals surface area contributed by atoms with Gasteiger partial charge < -0.3 is 9.84 Å². The molecule has 2 heterocycles. The first-order valence-corrected chi connectivity index (χ1v) is 6.58. The Morgan fingerprint density at radius 2 is 2.38 bits per heavy atom. The Bertz CT molecular complexity index is 415. The van der Waals surface area contributed by atoms with E-state index < -0.39 is 6.10 Å². The van der Waals surface area contributed by atoms with E-state index in [2.05, 4.69) is 0 Å². The lowest BCUT2D eigenvalue weighted by Gasteiger charge is -2.37. The molecule has 1 saturated heterocycles. The highest BCUT2D eigenvalue weighted by atomic mass is 32.2. The largest absolute Gasteiger partial charge is 0.486 e. The minimum absolute atomic E-state index is 0.273. The second kappa shape index (κ2) is 3.64. The molecule has 3 rings (SSSR count). The normalized spacial score (nSPS) is 32.5. The van der Waals surface area contributed by atoms with Crippen molar-refractivity contribution in [1.29, 1.82) is 0 Å². The Kier molecular flexibility index (Phi) is 2.37. The average Bonchev–Trinajstić information content (AvgIpc) is 2.65. The Balaban J connectivity index is 2.00. The van der Waals surface area contributed by atoms with Gasteiger partial charge in [0.15, 0.2) is 0 Å². The molecular weight excluding hydrogens is 227 g/mol. The van der Waals surface area contributed by atoms with E-state index in [4.69, 9.17) is 4.74 Å². The van der Waals surface area contributed by atoms with E-state index in [0.29, 0.717) is 17.7 Å². The molecular formula is C12H13FO2S. The summed E-state index contributed by atoms with van der Waals surface area (Å²) in [6.07, 6.45) is 1.03. The summed E-state index contributed by atoms with van der Waals surface area (Å²) in [6, 6.07) is 4.36. The van der Waals surface area contributed by atoms with E-state index in [1.807, 2.05) is 11.8 Å². The summed E-state index contributed by atoms with van der Waals surface area (Å²) in [5, 5.41) is 10.1. The predicted octanol–water partition coefficient (Wildman–Crippen LogP) is 2.52. The Morgan fingerprint density at radius 3 is 3.12 bits per heavy atom. The number of fused-ring (bicyclic) bond motifs is 1. The van der Waals surface area contributed by atoms with Crippen molar-refractivity contribution in [3.05, 3.63) is 29.6 Å². The van der Waals surface area contributed by atoms with Crippen LogP contribution in [0.5, 0.6) is 5.75 Å². The van der Waals surface area contributed by atoms with Crippen molar-refractivity contribution in [2.75, 3.05) is 11.5 Å². The summed E-state index contributed by atoms with van der Waals surface area (Å²) in [7, 11) is 0. The monoisotopic (exact) mass is 240 g/mol. The van der Waals surface area contributed by atoms with Crippen LogP contribution in [-0.4, -0.2) is 22.2 Å². The second-order valence-corrected chi connectivity index (χ2v) is 5.59. The van der Waals surface area contributed by atoms with E-state index in [-0.39, 0.29) is 11.4 Å². The molecule has 0 amide bonds. The minimum atomic E-state index is -0.525. The van der Waals surface area contributed by atoms with E-state index in [1.54, 1.807) is 6.07 Å². The van der Waals surface area contributed by atoms with Gasteiger partial charge in [-0.1, -0.05) is 0 Å². The zero-order chi connectivity index (χ0) is 11.2. The van der Waals surface area contributed by atoms with Crippen LogP contribution in [0.3, 0.4) is 0 Å². The molecule has 2 aliphatic heterocycles. The number of rotatable bonds is 0. The highest BCUT2D eigenvalue weighted by Gasteiger charge is 2.43. The van der Waals surface area contributed by atoms with E-state index in [0.717, 1.165) is 17.9 Å². The first kappa shape index (κ1) is 10.4. The van der Waals surface area contributed by atoms with Gasteiger partial charge in [-0.25, -0.2) is 4.39 Å². The van der Waals surface area contributed by atoms with Crippen LogP contribution < -0.4 is 4.74 Å². The van der Waals surface area contributed by atoms with Crippen LogP contribution >= 0.6 is 11.8 Å². The third kappa shape index (κ3) is 1.60. The summed E-state index contributed by atoms with van der Waals surface area (Å²) >= 11 is 1.83. The fourth-order valence-electron chi connectivity index (χ4n) is 2.44. The molecule has 0 radical (unpaired) electrons. The van der Waals surface area contributed by atoms with Gasteiger partial charge >= 0.3 is 0 Å². The van der Waals surface area contributed by atoms with Crippen molar-refractivity contribution in [3.8, 4) is 5.75 Å². The van der Waals surface area contributed by atoms with Crippen molar-refractivity contribution in [1.82, 2.24) is 0 Å². The zero-order valence-electron chi connectivity index (χ0n) is 8.78. The van der Waals surface area contributed by atoms with Crippen LogP contribution in [0.4, 0.5) is 4.39 Å². The zero-order valence-corrected chi connectivity index (χ0v) is 9.60. The Morgan fingerprint density at radius 1 is 1.50 bits per heavy atom. The summed E-state index contributed by atoms with van der Waals surface area (Å²) in [6.45, 7) is 0. The molecule has 86 valence electrons. The number of halogens is 1. The molecule has 4 heteroatoms. The topological polar surface area (TPSA) is 29.5 Å². The maximum Gasteiger partial charge on any atom is 0.128 e. The molecule has 2 nitrogen and oxygen atoms in total. The van der Waals surface area contributed by atoms with Crippen LogP contribution in [0, 0.1) is 5.82 Å². The minimum Gasteiger partial charge on any atom is -0.486 e. The van der Waals surface area contributed by atoms with Gasteiger partial charge in [-0.15, -0.1) is 0 Å². The summed E-state index contributed by atoms with van der Waals surface area (Å²) < 4.78 is 19.0. The smallest absolute Gasteiger partial charge is 0.128 e. The predicted molar refractivity (Wildman–Crippen MR) is 61.3 cm³/mol. The standard InChI is InChI=1S/C12H13FO2S/c13-8-1-2-9-10(14)6-12(3-4-16-7-12)15-11(9)5-8/h1-2,5,10,14H,3-4,6-7H2. The van der Waals surface area contributed by atoms with E-state index >= 15 is 0 Å². The molecule has 1 aromatic rings. The fraction of sp³-hybridized carbons (Fsp3) is 0.500. The lowest BCUT2D eigenvalue weighted by atomic mass is 9.88. The maximum atomic E-state index is 13.1. The molecule has 0 aromatic heterocycles. The number of benzene rings is 1. The van der Waals surface area contributed by atoms with Gasteiger partial charge in [0, 0.05) is 23.8 Å². The highest BCUT2D eigenvalue weighted by molar-refractivity contribution is 7.99. The van der Waals surface area contributed by atoms with Crippen molar-refractivity contribution in [3.63, 3.8) is 0 Å². The molecule has 1 spiro atoms. The molecule has 0 saturated carbocycles. The molecule has 0 aliphatic carbocycles. The number of aliphatic hydroxyl groups excluding tert-OH is 1. The van der Waals surface area contributed by atoms with Gasteiger partial charge in [-0.3, -0.25) is 0 Å². The van der Waals surface area contributed by atoms with Gasteiger partial charge in [-0.05, 0) is 24.3 Å². The van der Waals surface area contributed by atoms with Crippen LogP contribution in [0.2, 0.25) is 0 Å². The van der Waals surface area contributed by atoms with Crippen molar-refractivity contribution in [2.24, 2.45) is 0 Å². The maximum absolute atomic E-state index is 13.1. The van der Waals surface area contributed by atoms with Crippen molar-refractivity contribution >= 4 is 11.8 Å². The van der Waals surface area contributed by atoms with E-state index in [9.17, 15) is 9.50 Å². The SMILES string of the molecule is OC1CC2(CCSC2)Oc2cc(F)ccc21. The molecule has 2 unspecified atom stereocenters. The van der Waals surface area contributed by atoms with Gasteiger partial charge in [-0.2, -0.15) is 11.8 Å². The number of hydrogen-bond donors (Lipinski definition) is 1. The molecule has 2 atom stereocenters. The molecule has 1 fully saturated rings. The van der Waals surface area contributed by atoms with Crippen LogP contribution in [0.25, 0.3) is 0 Å². The third-order valence-electron chi connectivity index (χ3n) is 3.29. The molecule has 1 N–H and O–H groups in total. The summed E-state index contributed by atoms with van der Waals surface area (Å²) in [5.41, 5.74) is 0.439. The third-order valence-corrected chi connectivity index (χ3v) is 4.52. The van der Waals surface area contributed by atoms with Gasteiger partial charge in [0.2, 0.25) is 0 Å². The second-order valence-electron chi connectivity index (χ2n) is 4.49. The molecule has 1 aromatic carbocycles. The van der Waals surface area contributed by atoms with Crippen LogP contribution in [0.1, 0.15) is 24.5 Å². The van der Waals surface area contributed by atoms with E-state index in [1.165, 1.54) is 12.1 Å². The van der Waals surface area contributed by atoms with Crippen molar-refractivity contribution in [2.45, 2.75) is 24.5 Å². The molecule has 2 aliphatic rings. The first-order chi connectivity index (χ1) is 7.69. The summed E-state index contributed by atoms with van der Waals surface area (Å²) in [5.74, 6) is 2.15. The van der Waals surface area contributed by atoms with Crippen molar-refractivity contribution < 1.29 is 14.2 Å². The lowest BCUT2D eigenvalue weighted by molar-refractivity contribution is 0.00378. The number of aliphatic hydroxyl groups is 1. The molecule has 0 bridgehead atoms. The lowest BCUT2D eigenvalue weighted by Crippen LogP contribution is -2.41. The Labute approximate surface area is 97.8 Å². The van der Waals surface area contributed by atoms with Gasteiger partial charge in [0.25, 0.3) is 0 Å². The number of hydrogen-bond acceptors (Lipinski definition) is 3. The summed E-state index contributed by atoms with van der Waals surface area (Å²) in [4.78, 5) is 0. The van der Waals surface area contributed by atoms with Gasteiger partial charge in [0.1, 0.15) is 17.2 Å². The quantitative estimate of drug-likeness (QED) is 0.755. The fourth-order valence-corrected chi connectivity index (χ4v) is 3.79. The van der Waals surface area contributed by atoms with Crippen LogP contribution in [0.15, 0.2) is 18.2 Å². The Hall–Kier alpha value is -0.740. The average molecular weight is 240 g/mol. The number of ether oxygens (including phenoxy) is 1. The number of thioether (sulfide) groups is 1. The molecule has 16 heavy (non-hydrogen) atoms. The van der Waals surface area contributed by atoms with Crippen LogP contribution in [-0.2, 0) is 0 Å². The highest BCUT2D eigenvalue weighted by Crippen LogP contribution is 2.45. The van der Waals surface area contributed by atoms with Gasteiger partial charge in [0.05, 0.1) is 6.10 Å².